The zero-order chi connectivity index (χ0) is 25.4. The smallest absolute Gasteiger partial charge is 0.332 e. The number of rotatable bonds is 10. The van der Waals surface area contributed by atoms with Crippen LogP contribution in [-0.4, -0.2) is 48.3 Å². The van der Waals surface area contributed by atoms with Crippen molar-refractivity contribution in [1.82, 2.24) is 9.97 Å². The highest BCUT2D eigenvalue weighted by Gasteiger charge is 2.16. The van der Waals surface area contributed by atoms with Crippen LogP contribution in [0.15, 0.2) is 54.7 Å². The summed E-state index contributed by atoms with van der Waals surface area (Å²) in [5, 5.41) is 0. The summed E-state index contributed by atoms with van der Waals surface area (Å²) >= 11 is 0. The first-order valence-corrected chi connectivity index (χ1v) is 11.5. The van der Waals surface area contributed by atoms with Gasteiger partial charge in [-0.05, 0) is 82.1 Å². The van der Waals surface area contributed by atoms with Crippen molar-refractivity contribution in [2.45, 2.75) is 39.2 Å². The summed E-state index contributed by atoms with van der Waals surface area (Å²) in [5.41, 5.74) is 2.08. The molecule has 0 amide bonds. The van der Waals surface area contributed by atoms with Gasteiger partial charge in [0, 0.05) is 31.3 Å². The van der Waals surface area contributed by atoms with Gasteiger partial charge in [-0.25, -0.2) is 18.6 Å². The van der Waals surface area contributed by atoms with Crippen LogP contribution in [0.2, 0.25) is 0 Å². The highest BCUT2D eigenvalue weighted by molar-refractivity contribution is 5.78. The first kappa shape index (κ1) is 26.2. The normalized spacial score (nSPS) is 11.4. The first-order valence-electron chi connectivity index (χ1n) is 11.5. The zero-order valence-electron chi connectivity index (χ0n) is 20.6. The lowest BCUT2D eigenvalue weighted by atomic mass is 10.0. The number of esters is 1. The minimum absolute atomic E-state index is 0.0650. The molecule has 186 valence electrons. The predicted octanol–water partition coefficient (Wildman–Crippen LogP) is 5.66. The van der Waals surface area contributed by atoms with Crippen LogP contribution in [0.1, 0.15) is 33.6 Å². The number of nitrogens with zero attached hydrogens (tertiary/aromatic N) is 3. The summed E-state index contributed by atoms with van der Waals surface area (Å²) in [5.74, 6) is -0.395. The van der Waals surface area contributed by atoms with Gasteiger partial charge in [-0.2, -0.15) is 0 Å². The van der Waals surface area contributed by atoms with Crippen molar-refractivity contribution in [3.05, 3.63) is 66.4 Å². The molecule has 0 aliphatic heterocycles. The Hall–Kier alpha value is -3.39. The van der Waals surface area contributed by atoms with Crippen LogP contribution in [0.25, 0.3) is 22.5 Å². The molecule has 3 aromatic rings. The maximum Gasteiger partial charge on any atom is 0.332 e. The summed E-state index contributed by atoms with van der Waals surface area (Å²) < 4.78 is 37.6. The number of unbranched alkanes of at least 4 members (excludes halogenated alkanes) is 1. The lowest BCUT2D eigenvalue weighted by Crippen LogP contribution is -2.26. The topological polar surface area (TPSA) is 64.5 Å². The molecule has 6 nitrogen and oxygen atoms in total. The number of ether oxygens (including phenoxy) is 2. The molecule has 0 atom stereocenters. The second-order valence-corrected chi connectivity index (χ2v) is 9.21. The van der Waals surface area contributed by atoms with Crippen LogP contribution in [-0.2, 0) is 14.3 Å². The number of carbonyl (C=O) groups is 1. The van der Waals surface area contributed by atoms with Crippen LogP contribution >= 0.6 is 0 Å². The lowest BCUT2D eigenvalue weighted by molar-refractivity contribution is -0.160. The van der Waals surface area contributed by atoms with Crippen LogP contribution in [0.5, 0.6) is 0 Å². The molecule has 2 aromatic carbocycles. The van der Waals surface area contributed by atoms with E-state index in [1.807, 2.05) is 32.7 Å². The van der Waals surface area contributed by atoms with Gasteiger partial charge in [0.15, 0.2) is 0 Å². The van der Waals surface area contributed by atoms with Crippen LogP contribution in [0, 0.1) is 11.6 Å². The van der Waals surface area contributed by atoms with E-state index in [0.29, 0.717) is 35.9 Å². The van der Waals surface area contributed by atoms with Crippen molar-refractivity contribution in [2.24, 2.45) is 0 Å². The second kappa shape index (κ2) is 11.8. The Balaban J connectivity index is 1.64. The van der Waals surface area contributed by atoms with Gasteiger partial charge in [0.25, 0.3) is 0 Å². The quantitative estimate of drug-likeness (QED) is 0.274. The van der Waals surface area contributed by atoms with Crippen LogP contribution < -0.4 is 4.90 Å². The van der Waals surface area contributed by atoms with E-state index >= 15 is 0 Å². The van der Waals surface area contributed by atoms with Crippen molar-refractivity contribution in [3.63, 3.8) is 0 Å². The molecule has 0 saturated heterocycles. The fourth-order valence-corrected chi connectivity index (χ4v) is 3.39. The van der Waals surface area contributed by atoms with E-state index < -0.39 is 5.60 Å². The number of hydrogen-bond acceptors (Lipinski definition) is 6. The number of carbonyl (C=O) groups excluding carboxylic acids is 1. The first-order chi connectivity index (χ1) is 16.6. The van der Waals surface area contributed by atoms with Gasteiger partial charge in [0.1, 0.15) is 29.7 Å². The Kier molecular flexibility index (Phi) is 8.87. The summed E-state index contributed by atoms with van der Waals surface area (Å²) in [6.45, 7) is 6.53. The Morgan fingerprint density at radius 1 is 0.914 bits per heavy atom. The number of aromatic nitrogens is 2. The molecular formula is C27H31F2N3O3. The van der Waals surface area contributed by atoms with Crippen LogP contribution in [0.3, 0.4) is 0 Å². The highest BCUT2D eigenvalue weighted by Crippen LogP contribution is 2.30. The molecular weight excluding hydrogens is 452 g/mol. The van der Waals surface area contributed by atoms with Crippen molar-refractivity contribution in [1.29, 1.82) is 0 Å². The number of hydrogen-bond donors (Lipinski definition) is 0. The monoisotopic (exact) mass is 483 g/mol. The largest absolute Gasteiger partial charge is 0.458 e. The SMILES string of the molecule is CN(CCCCOCC(=O)OC(C)(C)C)c1cnc(-c2ccc(F)cc2)c(-c2ccc(F)cc2)n1. The lowest BCUT2D eigenvalue weighted by Gasteiger charge is -2.20. The molecule has 0 fully saturated rings. The number of benzene rings is 2. The average Bonchev–Trinajstić information content (AvgIpc) is 2.81. The molecule has 35 heavy (non-hydrogen) atoms. The Labute approximate surface area is 204 Å². The number of halogens is 2. The summed E-state index contributed by atoms with van der Waals surface area (Å²) in [6.07, 6.45) is 3.25. The molecule has 0 unspecified atom stereocenters. The van der Waals surface area contributed by atoms with Gasteiger partial charge in [0.05, 0.1) is 17.6 Å². The van der Waals surface area contributed by atoms with Crippen molar-refractivity contribution >= 4 is 11.8 Å². The van der Waals surface area contributed by atoms with E-state index in [4.69, 9.17) is 14.5 Å². The van der Waals surface area contributed by atoms with Gasteiger partial charge < -0.3 is 14.4 Å². The fourth-order valence-electron chi connectivity index (χ4n) is 3.39. The van der Waals surface area contributed by atoms with Gasteiger partial charge in [-0.1, -0.05) is 0 Å². The van der Waals surface area contributed by atoms with E-state index in [1.54, 1.807) is 30.5 Å². The van der Waals surface area contributed by atoms with E-state index in [9.17, 15) is 13.6 Å². The third-order valence-electron chi connectivity index (χ3n) is 5.06. The molecule has 0 bridgehead atoms. The summed E-state index contributed by atoms with van der Waals surface area (Å²) in [7, 11) is 1.91. The summed E-state index contributed by atoms with van der Waals surface area (Å²) in [6, 6.07) is 12.1. The third kappa shape index (κ3) is 8.10. The molecule has 0 radical (unpaired) electrons. The highest BCUT2D eigenvalue weighted by atomic mass is 19.1. The molecule has 1 aromatic heterocycles. The Bertz CT molecular complexity index is 1110. The van der Waals surface area contributed by atoms with E-state index in [2.05, 4.69) is 4.98 Å². The van der Waals surface area contributed by atoms with Gasteiger partial charge >= 0.3 is 5.97 Å². The van der Waals surface area contributed by atoms with Crippen molar-refractivity contribution in [2.75, 3.05) is 31.7 Å². The Morgan fingerprint density at radius 3 is 2.06 bits per heavy atom. The summed E-state index contributed by atoms with van der Waals surface area (Å²) in [4.78, 5) is 23.1. The maximum absolute atomic E-state index is 13.5. The van der Waals surface area contributed by atoms with Crippen molar-refractivity contribution < 1.29 is 23.0 Å². The van der Waals surface area contributed by atoms with E-state index in [0.717, 1.165) is 18.4 Å². The van der Waals surface area contributed by atoms with Crippen molar-refractivity contribution in [3.8, 4) is 22.5 Å². The molecule has 0 N–H and O–H groups in total. The maximum atomic E-state index is 13.5. The van der Waals surface area contributed by atoms with Gasteiger partial charge in [-0.15, -0.1) is 0 Å². The minimum Gasteiger partial charge on any atom is -0.458 e. The minimum atomic E-state index is -0.525. The molecule has 0 aliphatic carbocycles. The standard InChI is InChI=1S/C27H31F2N3O3/c1-27(2,3)35-24(33)18-34-16-6-5-15-32(4)23-17-30-25(19-7-11-21(28)12-8-19)26(31-23)20-9-13-22(29)14-10-20/h7-14,17H,5-6,15-16,18H2,1-4H3. The third-order valence-corrected chi connectivity index (χ3v) is 5.06. The predicted molar refractivity (Wildman–Crippen MR) is 132 cm³/mol. The molecule has 0 aliphatic rings. The second-order valence-electron chi connectivity index (χ2n) is 9.21. The average molecular weight is 484 g/mol. The number of anilines is 1. The van der Waals surface area contributed by atoms with E-state index in [1.165, 1.54) is 24.3 Å². The molecule has 8 heteroatoms. The zero-order valence-corrected chi connectivity index (χ0v) is 20.6. The van der Waals surface area contributed by atoms with Gasteiger partial charge in [0.2, 0.25) is 0 Å². The van der Waals surface area contributed by atoms with Gasteiger partial charge in [-0.3, -0.25) is 4.98 Å². The molecule has 1 heterocycles. The van der Waals surface area contributed by atoms with E-state index in [-0.39, 0.29) is 24.2 Å². The van der Waals surface area contributed by atoms with Crippen LogP contribution in [0.4, 0.5) is 14.6 Å². The molecule has 0 saturated carbocycles. The fraction of sp³-hybridized carbons (Fsp3) is 0.370. The molecule has 3 rings (SSSR count). The molecule has 0 spiro atoms. The Morgan fingerprint density at radius 2 is 1.49 bits per heavy atom.